The highest BCUT2D eigenvalue weighted by atomic mass is 32.2. The minimum absolute atomic E-state index is 0.0520. The van der Waals surface area contributed by atoms with Crippen LogP contribution in [0, 0.1) is 11.1 Å². The Labute approximate surface area is 225 Å². The summed E-state index contributed by atoms with van der Waals surface area (Å²) in [4.78, 5) is 22.9. The van der Waals surface area contributed by atoms with Crippen LogP contribution < -0.4 is 10.0 Å². The molecule has 0 aliphatic carbocycles. The van der Waals surface area contributed by atoms with Crippen LogP contribution in [0.1, 0.15) is 48.8 Å². The zero-order valence-electron chi connectivity index (χ0n) is 20.9. The second-order valence-corrected chi connectivity index (χ2v) is 10.1. The molecule has 3 N–H and O–H groups in total. The number of pyridine rings is 1. The number of anilines is 1. The summed E-state index contributed by atoms with van der Waals surface area (Å²) in [7, 11) is 0. The van der Waals surface area contributed by atoms with Gasteiger partial charge in [0.05, 0.1) is 25.2 Å². The van der Waals surface area contributed by atoms with Crippen molar-refractivity contribution >= 4 is 29.3 Å². The van der Waals surface area contributed by atoms with Crippen LogP contribution in [0.2, 0.25) is 0 Å². The number of carboxylic acids is 1. The maximum Gasteiger partial charge on any atom is 0.303 e. The van der Waals surface area contributed by atoms with Gasteiger partial charge in [-0.25, -0.2) is 0 Å². The molecule has 2 heterocycles. The topological polar surface area (TPSA) is 132 Å². The Kier molecular flexibility index (Phi) is 9.35. The van der Waals surface area contributed by atoms with Crippen molar-refractivity contribution in [3.05, 3.63) is 94.8 Å². The molecular formula is C28H30N2O7S. The molecule has 1 aliphatic heterocycles. The Morgan fingerprint density at radius 1 is 1.03 bits per heavy atom. The minimum Gasteiger partial charge on any atom is -0.618 e. The number of thioether (sulfide) groups is 1. The quantitative estimate of drug-likeness (QED) is 0.199. The third-order valence-electron chi connectivity index (χ3n) is 6.32. The Hall–Kier alpha value is -3.44. The number of amides is 1. The van der Waals surface area contributed by atoms with E-state index in [1.165, 1.54) is 18.0 Å². The molecular weight excluding hydrogens is 508 g/mol. The van der Waals surface area contributed by atoms with Crippen LogP contribution in [0.3, 0.4) is 0 Å². The standard InChI is InChI=1S/C28H30N2O7S/c1-18-23(17-38-25-7-2-3-14-30(25)35)36-28(37-27(18)20-10-8-19(16-31)9-11-20)21-5-4-6-22(15-21)29-24(32)12-13-26(33)34/h2-11,14-15,18,23,27-28,31H,12-13,16-17H2,1H3,(H,29,32)(H,33,34). The van der Waals surface area contributed by atoms with Crippen LogP contribution in [-0.2, 0) is 25.7 Å². The van der Waals surface area contributed by atoms with E-state index in [0.29, 0.717) is 22.0 Å². The molecule has 200 valence electrons. The van der Waals surface area contributed by atoms with E-state index in [0.717, 1.165) is 15.9 Å². The number of aliphatic hydroxyl groups is 1. The van der Waals surface area contributed by atoms with Gasteiger partial charge in [-0.15, -0.1) is 0 Å². The van der Waals surface area contributed by atoms with Gasteiger partial charge in [0.25, 0.3) is 5.03 Å². The number of nitrogens with one attached hydrogen (secondary N) is 1. The van der Waals surface area contributed by atoms with Crippen LogP contribution in [0.15, 0.2) is 78.0 Å². The normalized spacial score (nSPS) is 21.1. The van der Waals surface area contributed by atoms with Gasteiger partial charge >= 0.3 is 5.97 Å². The van der Waals surface area contributed by atoms with Crippen molar-refractivity contribution < 1.29 is 34.0 Å². The van der Waals surface area contributed by atoms with Gasteiger partial charge in [-0.2, -0.15) is 4.73 Å². The Balaban J connectivity index is 1.56. The number of benzene rings is 2. The number of ether oxygens (including phenoxy) is 2. The second kappa shape index (κ2) is 12.9. The van der Waals surface area contributed by atoms with E-state index in [4.69, 9.17) is 14.6 Å². The number of aromatic nitrogens is 1. The first-order valence-corrected chi connectivity index (χ1v) is 13.3. The van der Waals surface area contributed by atoms with Gasteiger partial charge in [0.15, 0.2) is 12.5 Å². The SMILES string of the molecule is CC1C(CSc2cccc[n+]2[O-])OC(c2cccc(NC(=O)CCC(=O)O)c2)OC1c1ccc(CO)cc1. The molecule has 3 aromatic rings. The molecule has 38 heavy (non-hydrogen) atoms. The van der Waals surface area contributed by atoms with Gasteiger partial charge in [-0.05, 0) is 29.3 Å². The minimum atomic E-state index is -1.04. The van der Waals surface area contributed by atoms with Gasteiger partial charge in [-0.1, -0.05) is 55.1 Å². The first-order valence-electron chi connectivity index (χ1n) is 12.3. The van der Waals surface area contributed by atoms with Crippen molar-refractivity contribution in [3.63, 3.8) is 0 Å². The zero-order chi connectivity index (χ0) is 27.1. The summed E-state index contributed by atoms with van der Waals surface area (Å²) in [6, 6.07) is 19.9. The lowest BCUT2D eigenvalue weighted by Gasteiger charge is -2.41. The number of carbonyl (C=O) groups excluding carboxylic acids is 1. The molecule has 1 aromatic heterocycles. The number of carboxylic acid groups (broad SMARTS) is 1. The summed E-state index contributed by atoms with van der Waals surface area (Å²) in [6.07, 6.45) is -0.255. The van der Waals surface area contributed by atoms with E-state index >= 15 is 0 Å². The molecule has 4 rings (SSSR count). The maximum atomic E-state index is 12.2. The van der Waals surface area contributed by atoms with Crippen LogP contribution >= 0.6 is 11.8 Å². The molecule has 1 fully saturated rings. The van der Waals surface area contributed by atoms with Crippen molar-refractivity contribution in [1.82, 2.24) is 0 Å². The zero-order valence-corrected chi connectivity index (χ0v) is 21.7. The lowest BCUT2D eigenvalue weighted by molar-refractivity contribution is -0.645. The van der Waals surface area contributed by atoms with Crippen molar-refractivity contribution in [2.45, 2.75) is 49.9 Å². The van der Waals surface area contributed by atoms with Gasteiger partial charge in [0, 0.05) is 41.5 Å². The fourth-order valence-electron chi connectivity index (χ4n) is 4.21. The van der Waals surface area contributed by atoms with E-state index in [-0.39, 0.29) is 37.6 Å². The number of nitrogens with zero attached hydrogens (tertiary/aromatic N) is 1. The molecule has 4 atom stereocenters. The number of rotatable bonds is 10. The summed E-state index contributed by atoms with van der Waals surface area (Å²) in [5.41, 5.74) is 2.94. The van der Waals surface area contributed by atoms with Gasteiger partial charge in [0.1, 0.15) is 0 Å². The number of carbonyl (C=O) groups is 2. The van der Waals surface area contributed by atoms with Crippen molar-refractivity contribution in [1.29, 1.82) is 0 Å². The van der Waals surface area contributed by atoms with E-state index < -0.39 is 18.2 Å². The highest BCUT2D eigenvalue weighted by Gasteiger charge is 2.38. The van der Waals surface area contributed by atoms with E-state index in [1.54, 1.807) is 30.3 Å². The fourth-order valence-corrected chi connectivity index (χ4v) is 5.29. The third-order valence-corrected chi connectivity index (χ3v) is 7.42. The Morgan fingerprint density at radius 3 is 2.53 bits per heavy atom. The first kappa shape index (κ1) is 27.6. The summed E-state index contributed by atoms with van der Waals surface area (Å²) >= 11 is 1.41. The van der Waals surface area contributed by atoms with E-state index in [2.05, 4.69) is 5.32 Å². The maximum absolute atomic E-state index is 12.2. The Morgan fingerprint density at radius 2 is 1.82 bits per heavy atom. The summed E-state index contributed by atoms with van der Waals surface area (Å²) in [5.74, 6) is -0.966. The highest BCUT2D eigenvalue weighted by molar-refractivity contribution is 7.99. The van der Waals surface area contributed by atoms with Crippen LogP contribution in [0.4, 0.5) is 5.69 Å². The van der Waals surface area contributed by atoms with Gasteiger partial charge < -0.3 is 30.2 Å². The van der Waals surface area contributed by atoms with E-state index in [1.807, 2.05) is 43.3 Å². The first-order chi connectivity index (χ1) is 18.3. The molecule has 0 saturated carbocycles. The molecule has 0 radical (unpaired) electrons. The van der Waals surface area contributed by atoms with Crippen molar-refractivity contribution in [2.24, 2.45) is 5.92 Å². The lowest BCUT2D eigenvalue weighted by Crippen LogP contribution is -2.39. The van der Waals surface area contributed by atoms with Gasteiger partial charge in [-0.3, -0.25) is 9.59 Å². The molecule has 0 spiro atoms. The molecule has 4 unspecified atom stereocenters. The van der Waals surface area contributed by atoms with Crippen molar-refractivity contribution in [3.8, 4) is 0 Å². The molecule has 9 nitrogen and oxygen atoms in total. The Bertz CT molecular complexity index is 1250. The third kappa shape index (κ3) is 7.11. The molecule has 10 heteroatoms. The molecule has 1 aliphatic rings. The fraction of sp³-hybridized carbons (Fsp3) is 0.321. The summed E-state index contributed by atoms with van der Waals surface area (Å²) in [6.45, 7) is 1.99. The van der Waals surface area contributed by atoms with Crippen LogP contribution in [0.5, 0.6) is 0 Å². The van der Waals surface area contributed by atoms with Crippen LogP contribution in [0.25, 0.3) is 0 Å². The smallest absolute Gasteiger partial charge is 0.303 e. The number of aliphatic carboxylic acids is 1. The summed E-state index contributed by atoms with van der Waals surface area (Å²) in [5, 5.41) is 33.7. The summed E-state index contributed by atoms with van der Waals surface area (Å²) < 4.78 is 13.7. The molecule has 0 bridgehead atoms. The monoisotopic (exact) mass is 538 g/mol. The largest absolute Gasteiger partial charge is 0.618 e. The average molecular weight is 539 g/mol. The highest BCUT2D eigenvalue weighted by Crippen LogP contribution is 2.43. The van der Waals surface area contributed by atoms with Crippen LogP contribution in [-0.4, -0.2) is 33.9 Å². The lowest BCUT2D eigenvalue weighted by atomic mass is 9.91. The predicted molar refractivity (Wildman–Crippen MR) is 141 cm³/mol. The molecule has 1 saturated heterocycles. The van der Waals surface area contributed by atoms with Gasteiger partial charge in [0.2, 0.25) is 5.91 Å². The number of hydrogen-bond acceptors (Lipinski definition) is 7. The number of aliphatic hydroxyl groups excluding tert-OH is 1. The second-order valence-electron chi connectivity index (χ2n) is 9.07. The van der Waals surface area contributed by atoms with E-state index in [9.17, 15) is 19.9 Å². The van der Waals surface area contributed by atoms with Crippen molar-refractivity contribution in [2.75, 3.05) is 11.1 Å². The molecule has 1 amide bonds. The number of hydrogen-bond donors (Lipinski definition) is 3. The molecule has 2 aromatic carbocycles. The average Bonchev–Trinajstić information content (AvgIpc) is 2.92. The predicted octanol–water partition coefficient (Wildman–Crippen LogP) is 4.20.